The molecule has 154 valence electrons. The van der Waals surface area contributed by atoms with Crippen molar-refractivity contribution in [1.29, 1.82) is 0 Å². The maximum atomic E-state index is 13.7. The van der Waals surface area contributed by atoms with Gasteiger partial charge in [0.2, 0.25) is 5.60 Å². The third-order valence-corrected chi connectivity index (χ3v) is 5.02. The lowest BCUT2D eigenvalue weighted by atomic mass is 10.0. The number of rotatable bonds is 6. The second kappa shape index (κ2) is 8.42. The molecule has 1 heterocycles. The third kappa shape index (κ3) is 4.71. The van der Waals surface area contributed by atoms with Gasteiger partial charge in [0, 0.05) is 37.1 Å². The first-order chi connectivity index (χ1) is 13.7. The molecule has 1 unspecified atom stereocenters. The smallest absolute Gasteiger partial charge is 0.264 e. The summed E-state index contributed by atoms with van der Waals surface area (Å²) in [6.07, 6.45) is -0.0230. The Morgan fingerprint density at radius 2 is 1.93 bits per heavy atom. The maximum Gasteiger partial charge on any atom is 0.264 e. The third-order valence-electron chi connectivity index (χ3n) is 4.80. The molecule has 2 aromatic rings. The van der Waals surface area contributed by atoms with E-state index in [0.29, 0.717) is 5.56 Å². The number of hydrogen-bond acceptors (Lipinski definition) is 3. The van der Waals surface area contributed by atoms with E-state index in [9.17, 15) is 27.9 Å². The summed E-state index contributed by atoms with van der Waals surface area (Å²) in [6.45, 7) is 0.0561. The van der Waals surface area contributed by atoms with Crippen LogP contribution in [0.25, 0.3) is 0 Å². The molecule has 1 aliphatic rings. The van der Waals surface area contributed by atoms with E-state index in [0.717, 1.165) is 18.2 Å². The van der Waals surface area contributed by atoms with Crippen LogP contribution >= 0.6 is 11.6 Å². The monoisotopic (exact) mass is 426 g/mol. The van der Waals surface area contributed by atoms with Crippen molar-refractivity contribution < 1.29 is 27.9 Å². The fraction of sp³-hybridized carbons (Fsp3) is 0.300. The average Bonchev–Trinajstić information content (AvgIpc) is 2.94. The number of hydrogen-bond donors (Lipinski definition) is 2. The highest BCUT2D eigenvalue weighted by molar-refractivity contribution is 6.30. The van der Waals surface area contributed by atoms with Gasteiger partial charge in [-0.2, -0.15) is 0 Å². The van der Waals surface area contributed by atoms with E-state index in [-0.39, 0.29) is 43.1 Å². The van der Waals surface area contributed by atoms with Gasteiger partial charge in [-0.15, -0.1) is 0 Å². The van der Waals surface area contributed by atoms with Gasteiger partial charge in [0.1, 0.15) is 17.5 Å². The number of carbonyl (C=O) groups is 2. The van der Waals surface area contributed by atoms with E-state index in [1.807, 2.05) is 0 Å². The molecule has 3 rings (SSSR count). The molecular weight excluding hydrogens is 409 g/mol. The molecule has 1 fully saturated rings. The quantitative estimate of drug-likeness (QED) is 0.698. The predicted octanol–water partition coefficient (Wildman–Crippen LogP) is 2.58. The number of likely N-dealkylation sites (tertiary alicyclic amines) is 1. The summed E-state index contributed by atoms with van der Waals surface area (Å²) in [4.78, 5) is 26.2. The van der Waals surface area contributed by atoms with E-state index >= 15 is 0 Å². The molecule has 1 atom stereocenters. The Kier molecular flexibility index (Phi) is 6.14. The molecule has 1 saturated heterocycles. The van der Waals surface area contributed by atoms with Crippen molar-refractivity contribution in [2.45, 2.75) is 25.0 Å². The summed E-state index contributed by atoms with van der Waals surface area (Å²) >= 11 is 5.76. The summed E-state index contributed by atoms with van der Waals surface area (Å²) in [6, 6.07) is 6.90. The number of aliphatic hydroxyl groups is 1. The normalized spacial score (nSPS) is 18.9. The molecule has 2 amide bonds. The van der Waals surface area contributed by atoms with Crippen molar-refractivity contribution >= 4 is 23.4 Å². The Hall–Kier alpha value is -2.58. The number of benzene rings is 2. The Labute approximate surface area is 170 Å². The fourth-order valence-corrected chi connectivity index (χ4v) is 3.46. The molecule has 0 aromatic heterocycles. The van der Waals surface area contributed by atoms with E-state index in [4.69, 9.17) is 11.6 Å². The fourth-order valence-electron chi connectivity index (χ4n) is 3.21. The first kappa shape index (κ1) is 21.1. The highest BCUT2D eigenvalue weighted by Crippen LogP contribution is 2.24. The highest BCUT2D eigenvalue weighted by Gasteiger charge is 2.50. The lowest BCUT2D eigenvalue weighted by molar-refractivity contribution is -0.154. The molecule has 0 aliphatic carbocycles. The van der Waals surface area contributed by atoms with E-state index in [2.05, 4.69) is 5.32 Å². The zero-order valence-corrected chi connectivity index (χ0v) is 16.0. The van der Waals surface area contributed by atoms with Crippen molar-refractivity contribution in [2.24, 2.45) is 0 Å². The van der Waals surface area contributed by atoms with Crippen LogP contribution in [0.2, 0.25) is 5.02 Å². The van der Waals surface area contributed by atoms with Crippen LogP contribution < -0.4 is 5.32 Å². The van der Waals surface area contributed by atoms with Crippen LogP contribution in [0.5, 0.6) is 0 Å². The Bertz CT molecular complexity index is 936. The minimum absolute atomic E-state index is 0.0660. The van der Waals surface area contributed by atoms with Gasteiger partial charge < -0.3 is 15.3 Å². The number of nitrogens with one attached hydrogen (secondary N) is 1. The molecule has 2 N–H and O–H groups in total. The van der Waals surface area contributed by atoms with Crippen LogP contribution in [0.1, 0.15) is 17.5 Å². The van der Waals surface area contributed by atoms with Crippen LogP contribution in [0.4, 0.5) is 13.2 Å². The van der Waals surface area contributed by atoms with Gasteiger partial charge in [-0.1, -0.05) is 17.7 Å². The van der Waals surface area contributed by atoms with E-state index in [1.54, 1.807) is 0 Å². The van der Waals surface area contributed by atoms with Crippen molar-refractivity contribution in [3.05, 3.63) is 70.0 Å². The van der Waals surface area contributed by atoms with Gasteiger partial charge in [-0.05, 0) is 41.8 Å². The number of amides is 2. The summed E-state index contributed by atoms with van der Waals surface area (Å²) < 4.78 is 40.1. The Balaban J connectivity index is 1.60. The number of nitrogens with zero attached hydrogens (tertiary/aromatic N) is 1. The molecule has 29 heavy (non-hydrogen) atoms. The summed E-state index contributed by atoms with van der Waals surface area (Å²) in [5.74, 6) is -3.70. The predicted molar refractivity (Wildman–Crippen MR) is 99.5 cm³/mol. The number of halogens is 4. The van der Waals surface area contributed by atoms with E-state index in [1.165, 1.54) is 23.1 Å². The van der Waals surface area contributed by atoms with Gasteiger partial charge in [-0.25, -0.2) is 13.2 Å². The summed E-state index contributed by atoms with van der Waals surface area (Å²) in [5, 5.41) is 13.1. The van der Waals surface area contributed by atoms with Crippen molar-refractivity contribution in [2.75, 3.05) is 13.1 Å². The standard InChI is InChI=1S/C20H18ClF3N2O3/c21-14-7-12(8-16(23)9-14)11-25-18(27)20(29)4-6-26(19(20)28)5-3-13-1-2-15(22)10-17(13)24/h1-2,7-10,29H,3-6,11H2,(H,25,27). The molecule has 0 saturated carbocycles. The topological polar surface area (TPSA) is 69.6 Å². The van der Waals surface area contributed by atoms with Crippen LogP contribution in [0.15, 0.2) is 36.4 Å². The Morgan fingerprint density at radius 3 is 2.62 bits per heavy atom. The zero-order chi connectivity index (χ0) is 21.2. The second-order valence-electron chi connectivity index (χ2n) is 6.85. The van der Waals surface area contributed by atoms with Crippen LogP contribution in [0.3, 0.4) is 0 Å². The molecule has 0 spiro atoms. The molecular formula is C20H18ClF3N2O3. The zero-order valence-electron chi connectivity index (χ0n) is 15.2. The van der Waals surface area contributed by atoms with Gasteiger partial charge in [0.15, 0.2) is 0 Å². The van der Waals surface area contributed by atoms with Crippen LogP contribution in [-0.2, 0) is 22.6 Å². The largest absolute Gasteiger partial charge is 0.372 e. The lowest BCUT2D eigenvalue weighted by Crippen LogP contribution is -2.52. The van der Waals surface area contributed by atoms with Crippen molar-refractivity contribution in [3.8, 4) is 0 Å². The minimum atomic E-state index is -2.25. The minimum Gasteiger partial charge on any atom is -0.372 e. The first-order valence-corrected chi connectivity index (χ1v) is 9.26. The van der Waals surface area contributed by atoms with Gasteiger partial charge in [0.05, 0.1) is 0 Å². The lowest BCUT2D eigenvalue weighted by Gasteiger charge is -2.22. The highest BCUT2D eigenvalue weighted by atomic mass is 35.5. The molecule has 5 nitrogen and oxygen atoms in total. The molecule has 2 aromatic carbocycles. The molecule has 9 heteroatoms. The molecule has 1 aliphatic heterocycles. The van der Waals surface area contributed by atoms with Gasteiger partial charge in [-0.3, -0.25) is 9.59 Å². The molecule has 0 bridgehead atoms. The summed E-state index contributed by atoms with van der Waals surface area (Å²) in [7, 11) is 0. The van der Waals surface area contributed by atoms with Crippen LogP contribution in [-0.4, -0.2) is 40.5 Å². The average molecular weight is 427 g/mol. The number of carbonyl (C=O) groups excluding carboxylic acids is 2. The maximum absolute atomic E-state index is 13.7. The summed E-state index contributed by atoms with van der Waals surface area (Å²) in [5.41, 5.74) is -1.65. The SMILES string of the molecule is O=C(NCc1cc(F)cc(Cl)c1)C1(O)CCN(CCc2ccc(F)cc2F)C1=O. The van der Waals surface area contributed by atoms with Crippen LogP contribution in [0, 0.1) is 17.5 Å². The second-order valence-corrected chi connectivity index (χ2v) is 7.29. The Morgan fingerprint density at radius 1 is 1.17 bits per heavy atom. The van der Waals surface area contributed by atoms with Gasteiger partial charge in [0.25, 0.3) is 11.8 Å². The first-order valence-electron chi connectivity index (χ1n) is 8.88. The van der Waals surface area contributed by atoms with Gasteiger partial charge >= 0.3 is 0 Å². The van der Waals surface area contributed by atoms with Crippen molar-refractivity contribution in [3.63, 3.8) is 0 Å². The van der Waals surface area contributed by atoms with E-state index < -0.39 is 34.9 Å². The van der Waals surface area contributed by atoms with Crippen molar-refractivity contribution in [1.82, 2.24) is 10.2 Å². The molecule has 0 radical (unpaired) electrons.